The highest BCUT2D eigenvalue weighted by molar-refractivity contribution is 5.76. The van der Waals surface area contributed by atoms with E-state index in [-0.39, 0.29) is 0 Å². The Morgan fingerprint density at radius 3 is 2.52 bits per heavy atom. The predicted molar refractivity (Wildman–Crippen MR) is 91.7 cm³/mol. The molecule has 0 radical (unpaired) electrons. The lowest BCUT2D eigenvalue weighted by Crippen LogP contribution is -2.48. The van der Waals surface area contributed by atoms with Gasteiger partial charge in [-0.2, -0.15) is 0 Å². The van der Waals surface area contributed by atoms with Gasteiger partial charge in [0, 0.05) is 32.6 Å². The van der Waals surface area contributed by atoms with Gasteiger partial charge in [0.2, 0.25) is 5.91 Å². The molecule has 0 aromatic heterocycles. The standard InChI is InChI=1S/C18H27N3O2/c22-17-4-2-1-3-16(17)20-11-13-21(14-12-20)18(23)6-5-15-7-9-19-10-8-15/h1-4,15,19,22H,5-14H2. The number of nitrogens with zero attached hydrogens (tertiary/aromatic N) is 2. The van der Waals surface area contributed by atoms with Crippen LogP contribution in [0.1, 0.15) is 25.7 Å². The van der Waals surface area contributed by atoms with Gasteiger partial charge in [0.05, 0.1) is 5.69 Å². The molecule has 0 unspecified atom stereocenters. The lowest BCUT2D eigenvalue weighted by atomic mass is 9.93. The van der Waals surface area contributed by atoms with Gasteiger partial charge in [0.15, 0.2) is 0 Å². The van der Waals surface area contributed by atoms with Crippen LogP contribution in [0.2, 0.25) is 0 Å². The summed E-state index contributed by atoms with van der Waals surface area (Å²) in [5.74, 6) is 1.32. The average Bonchev–Trinajstić information content (AvgIpc) is 2.61. The Kier molecular flexibility index (Phi) is 5.39. The molecule has 0 spiro atoms. The number of phenolic OH excluding ortho intramolecular Hbond substituents is 1. The molecular weight excluding hydrogens is 290 g/mol. The first-order chi connectivity index (χ1) is 11.2. The molecule has 5 heteroatoms. The number of carbonyl (C=O) groups is 1. The van der Waals surface area contributed by atoms with Crippen LogP contribution in [-0.4, -0.2) is 55.2 Å². The van der Waals surface area contributed by atoms with Gasteiger partial charge in [0.25, 0.3) is 0 Å². The van der Waals surface area contributed by atoms with Crippen molar-refractivity contribution < 1.29 is 9.90 Å². The third kappa shape index (κ3) is 4.16. The third-order valence-electron chi connectivity index (χ3n) is 5.08. The van der Waals surface area contributed by atoms with Gasteiger partial charge < -0.3 is 20.2 Å². The second kappa shape index (κ2) is 7.68. The van der Waals surface area contributed by atoms with E-state index in [1.807, 2.05) is 23.1 Å². The highest BCUT2D eigenvalue weighted by atomic mass is 16.3. The number of phenols is 1. The smallest absolute Gasteiger partial charge is 0.222 e. The normalized spacial score (nSPS) is 19.8. The van der Waals surface area contributed by atoms with Gasteiger partial charge in [-0.1, -0.05) is 12.1 Å². The minimum atomic E-state index is 0.292. The van der Waals surface area contributed by atoms with Crippen LogP contribution in [0, 0.1) is 5.92 Å². The molecule has 2 aliphatic rings. The van der Waals surface area contributed by atoms with Crippen molar-refractivity contribution in [3.63, 3.8) is 0 Å². The first-order valence-corrected chi connectivity index (χ1v) is 8.75. The van der Waals surface area contributed by atoms with Crippen LogP contribution in [0.3, 0.4) is 0 Å². The fourth-order valence-electron chi connectivity index (χ4n) is 3.58. The summed E-state index contributed by atoms with van der Waals surface area (Å²) in [6.07, 6.45) is 4.12. The van der Waals surface area contributed by atoms with E-state index in [0.717, 1.165) is 51.4 Å². The number of piperazine rings is 1. The quantitative estimate of drug-likeness (QED) is 0.889. The van der Waals surface area contributed by atoms with Crippen LogP contribution in [0.4, 0.5) is 5.69 Å². The Morgan fingerprint density at radius 1 is 1.13 bits per heavy atom. The largest absolute Gasteiger partial charge is 0.506 e. The number of piperidine rings is 1. The number of hydrogen-bond acceptors (Lipinski definition) is 4. The lowest BCUT2D eigenvalue weighted by Gasteiger charge is -2.36. The molecule has 23 heavy (non-hydrogen) atoms. The second-order valence-electron chi connectivity index (χ2n) is 6.59. The summed E-state index contributed by atoms with van der Waals surface area (Å²) in [7, 11) is 0. The van der Waals surface area contributed by atoms with Crippen molar-refractivity contribution in [2.45, 2.75) is 25.7 Å². The van der Waals surface area contributed by atoms with E-state index in [1.165, 1.54) is 12.8 Å². The molecule has 1 amide bonds. The van der Waals surface area contributed by atoms with E-state index in [4.69, 9.17) is 0 Å². The van der Waals surface area contributed by atoms with E-state index in [0.29, 0.717) is 24.0 Å². The molecule has 0 saturated carbocycles. The molecule has 126 valence electrons. The Bertz CT molecular complexity index is 521. The van der Waals surface area contributed by atoms with E-state index >= 15 is 0 Å². The van der Waals surface area contributed by atoms with Crippen LogP contribution in [0.15, 0.2) is 24.3 Å². The number of aromatic hydroxyl groups is 1. The SMILES string of the molecule is O=C(CCC1CCNCC1)N1CCN(c2ccccc2O)CC1. The Hall–Kier alpha value is -1.75. The predicted octanol–water partition coefficient (Wildman–Crippen LogP) is 1.82. The van der Waals surface area contributed by atoms with Crippen LogP contribution in [-0.2, 0) is 4.79 Å². The van der Waals surface area contributed by atoms with Crippen LogP contribution in [0.5, 0.6) is 5.75 Å². The number of nitrogens with one attached hydrogen (secondary N) is 1. The third-order valence-corrected chi connectivity index (χ3v) is 5.08. The van der Waals surface area contributed by atoms with E-state index in [9.17, 15) is 9.90 Å². The summed E-state index contributed by atoms with van der Waals surface area (Å²) in [4.78, 5) is 16.5. The zero-order valence-corrected chi connectivity index (χ0v) is 13.7. The van der Waals surface area contributed by atoms with Crippen molar-refractivity contribution in [2.24, 2.45) is 5.92 Å². The van der Waals surface area contributed by atoms with Crippen molar-refractivity contribution in [3.8, 4) is 5.75 Å². The first-order valence-electron chi connectivity index (χ1n) is 8.75. The molecule has 0 aliphatic carbocycles. The molecule has 1 aromatic rings. The number of benzene rings is 1. The number of carbonyl (C=O) groups excluding carboxylic acids is 1. The summed E-state index contributed by atoms with van der Waals surface area (Å²) in [5, 5.41) is 13.3. The highest BCUT2D eigenvalue weighted by Crippen LogP contribution is 2.27. The summed E-state index contributed by atoms with van der Waals surface area (Å²) in [6.45, 7) is 5.27. The summed E-state index contributed by atoms with van der Waals surface area (Å²) >= 11 is 0. The second-order valence-corrected chi connectivity index (χ2v) is 6.59. The minimum Gasteiger partial charge on any atom is -0.506 e. The zero-order valence-electron chi connectivity index (χ0n) is 13.7. The maximum atomic E-state index is 12.4. The molecule has 2 fully saturated rings. The van der Waals surface area contributed by atoms with E-state index in [2.05, 4.69) is 10.2 Å². The maximum Gasteiger partial charge on any atom is 0.222 e. The number of hydrogen-bond donors (Lipinski definition) is 2. The fraction of sp³-hybridized carbons (Fsp3) is 0.611. The molecule has 0 bridgehead atoms. The number of amides is 1. The summed E-state index contributed by atoms with van der Waals surface area (Å²) in [6, 6.07) is 7.42. The van der Waals surface area contributed by atoms with Gasteiger partial charge in [0.1, 0.15) is 5.75 Å². The topological polar surface area (TPSA) is 55.8 Å². The zero-order chi connectivity index (χ0) is 16.1. The molecular formula is C18H27N3O2. The maximum absolute atomic E-state index is 12.4. The molecule has 2 saturated heterocycles. The molecule has 5 nitrogen and oxygen atoms in total. The van der Waals surface area contributed by atoms with Gasteiger partial charge in [-0.05, 0) is 50.4 Å². The molecule has 2 heterocycles. The Balaban J connectivity index is 1.45. The first kappa shape index (κ1) is 16.1. The van der Waals surface area contributed by atoms with Gasteiger partial charge in [-0.3, -0.25) is 4.79 Å². The molecule has 2 aliphatic heterocycles. The Morgan fingerprint density at radius 2 is 1.83 bits per heavy atom. The van der Waals surface area contributed by atoms with Crippen molar-refractivity contribution >= 4 is 11.6 Å². The summed E-state index contributed by atoms with van der Waals surface area (Å²) < 4.78 is 0. The van der Waals surface area contributed by atoms with E-state index < -0.39 is 0 Å². The van der Waals surface area contributed by atoms with Crippen molar-refractivity contribution in [2.75, 3.05) is 44.2 Å². The molecule has 1 aromatic carbocycles. The fourth-order valence-corrected chi connectivity index (χ4v) is 3.58. The number of anilines is 1. The molecule has 0 atom stereocenters. The van der Waals surface area contributed by atoms with Crippen LogP contribution < -0.4 is 10.2 Å². The minimum absolute atomic E-state index is 0.292. The monoisotopic (exact) mass is 317 g/mol. The molecule has 3 rings (SSSR count). The van der Waals surface area contributed by atoms with Crippen molar-refractivity contribution in [1.82, 2.24) is 10.2 Å². The highest BCUT2D eigenvalue weighted by Gasteiger charge is 2.23. The number of para-hydroxylation sites is 2. The van der Waals surface area contributed by atoms with Crippen LogP contribution in [0.25, 0.3) is 0 Å². The van der Waals surface area contributed by atoms with Gasteiger partial charge in [-0.25, -0.2) is 0 Å². The van der Waals surface area contributed by atoms with E-state index in [1.54, 1.807) is 6.07 Å². The van der Waals surface area contributed by atoms with Crippen LogP contribution >= 0.6 is 0 Å². The average molecular weight is 317 g/mol. The summed E-state index contributed by atoms with van der Waals surface area (Å²) in [5.41, 5.74) is 0.870. The Labute approximate surface area is 138 Å². The van der Waals surface area contributed by atoms with Gasteiger partial charge >= 0.3 is 0 Å². The molecule has 2 N–H and O–H groups in total. The number of rotatable bonds is 4. The lowest BCUT2D eigenvalue weighted by molar-refractivity contribution is -0.131. The van der Waals surface area contributed by atoms with Gasteiger partial charge in [-0.15, -0.1) is 0 Å². The van der Waals surface area contributed by atoms with Crippen molar-refractivity contribution in [1.29, 1.82) is 0 Å². The van der Waals surface area contributed by atoms with Crippen molar-refractivity contribution in [3.05, 3.63) is 24.3 Å².